The molecule has 0 bridgehead atoms. The van der Waals surface area contributed by atoms with Crippen LogP contribution < -0.4 is 10.6 Å². The average molecular weight is 307 g/mol. The van der Waals surface area contributed by atoms with Gasteiger partial charge in [0.25, 0.3) is 5.91 Å². The molecule has 7 nitrogen and oxygen atoms in total. The van der Waals surface area contributed by atoms with Crippen molar-refractivity contribution < 1.29 is 9.53 Å². The molecule has 0 atom stereocenters. The largest absolute Gasteiger partial charge is 0.379 e. The van der Waals surface area contributed by atoms with Crippen molar-refractivity contribution >= 4 is 11.9 Å². The predicted molar refractivity (Wildman–Crippen MR) is 85.0 cm³/mol. The molecule has 122 valence electrons. The average Bonchev–Trinajstić information content (AvgIpc) is 2.54. The van der Waals surface area contributed by atoms with Crippen LogP contribution in [0, 0.1) is 5.92 Å². The number of hydrogen-bond donors (Lipinski definition) is 2. The van der Waals surface area contributed by atoms with Crippen molar-refractivity contribution in [1.29, 1.82) is 0 Å². The van der Waals surface area contributed by atoms with Gasteiger partial charge in [0.2, 0.25) is 5.95 Å². The van der Waals surface area contributed by atoms with Gasteiger partial charge in [-0.25, -0.2) is 9.97 Å². The Morgan fingerprint density at radius 2 is 2.00 bits per heavy atom. The Morgan fingerprint density at radius 3 is 2.64 bits per heavy atom. The highest BCUT2D eigenvalue weighted by Crippen LogP contribution is 2.01. The molecule has 0 aromatic carbocycles. The summed E-state index contributed by atoms with van der Waals surface area (Å²) in [5.41, 5.74) is 0.486. The number of nitrogens with zero attached hydrogens (tertiary/aromatic N) is 3. The summed E-state index contributed by atoms with van der Waals surface area (Å²) in [6, 6.07) is 0. The van der Waals surface area contributed by atoms with E-state index < -0.39 is 0 Å². The van der Waals surface area contributed by atoms with Gasteiger partial charge in [0.05, 0.1) is 18.8 Å². The van der Waals surface area contributed by atoms with Crippen LogP contribution in [0.25, 0.3) is 0 Å². The van der Waals surface area contributed by atoms with E-state index in [-0.39, 0.29) is 5.91 Å². The third kappa shape index (κ3) is 5.57. The van der Waals surface area contributed by atoms with Crippen LogP contribution in [0.2, 0.25) is 0 Å². The lowest BCUT2D eigenvalue weighted by atomic mass is 10.2. The summed E-state index contributed by atoms with van der Waals surface area (Å²) in [6.45, 7) is 10.0. The number of nitrogens with one attached hydrogen (secondary N) is 2. The second kappa shape index (κ2) is 8.65. The topological polar surface area (TPSA) is 79.4 Å². The number of morpholine rings is 1. The van der Waals surface area contributed by atoms with Gasteiger partial charge in [0, 0.05) is 45.1 Å². The Morgan fingerprint density at radius 1 is 1.32 bits per heavy atom. The zero-order chi connectivity index (χ0) is 15.8. The molecule has 1 saturated heterocycles. The molecule has 0 unspecified atom stereocenters. The third-order valence-corrected chi connectivity index (χ3v) is 3.40. The zero-order valence-corrected chi connectivity index (χ0v) is 13.3. The van der Waals surface area contributed by atoms with Gasteiger partial charge in [-0.15, -0.1) is 0 Å². The van der Waals surface area contributed by atoms with Crippen LogP contribution in [0.5, 0.6) is 0 Å². The number of anilines is 1. The molecule has 2 heterocycles. The van der Waals surface area contributed by atoms with Crippen LogP contribution >= 0.6 is 0 Å². The van der Waals surface area contributed by atoms with Gasteiger partial charge in [-0.05, 0) is 5.92 Å². The summed E-state index contributed by atoms with van der Waals surface area (Å²) in [6.07, 6.45) is 3.11. The number of carbonyl (C=O) groups is 1. The van der Waals surface area contributed by atoms with E-state index in [9.17, 15) is 4.79 Å². The summed E-state index contributed by atoms with van der Waals surface area (Å²) < 4.78 is 5.31. The Balaban J connectivity index is 1.72. The van der Waals surface area contributed by atoms with Crippen molar-refractivity contribution in [3.63, 3.8) is 0 Å². The molecule has 1 aliphatic rings. The molecule has 2 N–H and O–H groups in total. The molecule has 0 spiro atoms. The number of amides is 1. The quantitative estimate of drug-likeness (QED) is 0.768. The Hall–Kier alpha value is -1.73. The van der Waals surface area contributed by atoms with Gasteiger partial charge in [-0.1, -0.05) is 13.8 Å². The van der Waals surface area contributed by atoms with Crippen molar-refractivity contribution in [3.8, 4) is 0 Å². The first-order valence-electron chi connectivity index (χ1n) is 7.79. The standard InChI is InChI=1S/C15H25N5O2/c1-12(2)9-17-14(21)13-10-18-15(19-11-13)16-3-4-20-5-7-22-8-6-20/h10-12H,3-9H2,1-2H3,(H,17,21)(H,16,18,19). The first-order chi connectivity index (χ1) is 10.6. The van der Waals surface area contributed by atoms with E-state index in [1.54, 1.807) is 12.4 Å². The van der Waals surface area contributed by atoms with Crippen LogP contribution in [-0.4, -0.2) is 66.7 Å². The highest BCUT2D eigenvalue weighted by molar-refractivity contribution is 5.93. The summed E-state index contributed by atoms with van der Waals surface area (Å²) >= 11 is 0. The number of rotatable bonds is 7. The van der Waals surface area contributed by atoms with E-state index in [0.29, 0.717) is 24.0 Å². The van der Waals surface area contributed by atoms with Crippen molar-refractivity contribution in [2.75, 3.05) is 51.3 Å². The molecule has 1 aromatic rings. The third-order valence-electron chi connectivity index (χ3n) is 3.40. The van der Waals surface area contributed by atoms with Crippen LogP contribution in [0.3, 0.4) is 0 Å². The highest BCUT2D eigenvalue weighted by Gasteiger charge is 2.10. The van der Waals surface area contributed by atoms with Crippen LogP contribution in [0.4, 0.5) is 5.95 Å². The maximum atomic E-state index is 11.9. The first kappa shape index (κ1) is 16.6. The molecule has 1 aromatic heterocycles. The lowest BCUT2D eigenvalue weighted by molar-refractivity contribution is 0.0398. The Labute approximate surface area is 131 Å². The number of ether oxygens (including phenoxy) is 1. The fourth-order valence-corrected chi connectivity index (χ4v) is 2.09. The molecule has 0 saturated carbocycles. The maximum absolute atomic E-state index is 11.9. The molecule has 7 heteroatoms. The normalized spacial score (nSPS) is 15.8. The molecule has 0 aliphatic carbocycles. The number of hydrogen-bond acceptors (Lipinski definition) is 6. The number of carbonyl (C=O) groups excluding carboxylic acids is 1. The van der Waals surface area contributed by atoms with Crippen LogP contribution in [0.1, 0.15) is 24.2 Å². The second-order valence-electron chi connectivity index (χ2n) is 5.78. The Bertz CT molecular complexity index is 458. The van der Waals surface area contributed by atoms with Gasteiger partial charge in [0.1, 0.15) is 0 Å². The lowest BCUT2D eigenvalue weighted by Crippen LogP contribution is -2.39. The monoisotopic (exact) mass is 307 g/mol. The van der Waals surface area contributed by atoms with E-state index in [2.05, 4.69) is 39.3 Å². The van der Waals surface area contributed by atoms with Crippen molar-refractivity contribution in [3.05, 3.63) is 18.0 Å². The molecule has 1 aliphatic heterocycles. The molecule has 22 heavy (non-hydrogen) atoms. The summed E-state index contributed by atoms with van der Waals surface area (Å²) in [5.74, 6) is 0.841. The molecule has 1 amide bonds. The van der Waals surface area contributed by atoms with Crippen molar-refractivity contribution in [2.24, 2.45) is 5.92 Å². The molecular formula is C15H25N5O2. The smallest absolute Gasteiger partial charge is 0.254 e. The van der Waals surface area contributed by atoms with Gasteiger partial charge < -0.3 is 15.4 Å². The van der Waals surface area contributed by atoms with Gasteiger partial charge in [-0.2, -0.15) is 0 Å². The Kier molecular flexibility index (Phi) is 6.54. The number of aromatic nitrogens is 2. The van der Waals surface area contributed by atoms with Crippen LogP contribution in [0.15, 0.2) is 12.4 Å². The minimum Gasteiger partial charge on any atom is -0.379 e. The molecule has 0 radical (unpaired) electrons. The molecular weight excluding hydrogens is 282 g/mol. The fourth-order valence-electron chi connectivity index (χ4n) is 2.09. The first-order valence-corrected chi connectivity index (χ1v) is 7.79. The zero-order valence-electron chi connectivity index (χ0n) is 13.3. The minimum absolute atomic E-state index is 0.131. The minimum atomic E-state index is -0.131. The van der Waals surface area contributed by atoms with Gasteiger partial charge >= 0.3 is 0 Å². The summed E-state index contributed by atoms with van der Waals surface area (Å²) in [4.78, 5) is 22.6. The fraction of sp³-hybridized carbons (Fsp3) is 0.667. The summed E-state index contributed by atoms with van der Waals surface area (Å²) in [7, 11) is 0. The van der Waals surface area contributed by atoms with E-state index >= 15 is 0 Å². The van der Waals surface area contributed by atoms with E-state index in [0.717, 1.165) is 39.4 Å². The second-order valence-corrected chi connectivity index (χ2v) is 5.78. The van der Waals surface area contributed by atoms with Crippen molar-refractivity contribution in [1.82, 2.24) is 20.2 Å². The van der Waals surface area contributed by atoms with Gasteiger partial charge in [0.15, 0.2) is 0 Å². The van der Waals surface area contributed by atoms with Crippen LogP contribution in [-0.2, 0) is 4.74 Å². The van der Waals surface area contributed by atoms with E-state index in [4.69, 9.17) is 4.74 Å². The predicted octanol–water partition coefficient (Wildman–Crippen LogP) is 0.607. The lowest BCUT2D eigenvalue weighted by Gasteiger charge is -2.26. The van der Waals surface area contributed by atoms with E-state index in [1.807, 2.05) is 0 Å². The summed E-state index contributed by atoms with van der Waals surface area (Å²) in [5, 5.41) is 6.02. The van der Waals surface area contributed by atoms with E-state index in [1.165, 1.54) is 0 Å². The van der Waals surface area contributed by atoms with Gasteiger partial charge in [-0.3, -0.25) is 9.69 Å². The van der Waals surface area contributed by atoms with Crippen molar-refractivity contribution in [2.45, 2.75) is 13.8 Å². The highest BCUT2D eigenvalue weighted by atomic mass is 16.5. The molecule has 2 rings (SSSR count). The SMILES string of the molecule is CC(C)CNC(=O)c1cnc(NCCN2CCOCC2)nc1. The molecule has 1 fully saturated rings. The maximum Gasteiger partial charge on any atom is 0.254 e.